The fourth-order valence-electron chi connectivity index (χ4n) is 3.04. The van der Waals surface area contributed by atoms with E-state index in [1.165, 1.54) is 18.5 Å². The van der Waals surface area contributed by atoms with Gasteiger partial charge in [0.2, 0.25) is 0 Å². The zero-order chi connectivity index (χ0) is 16.5. The molecule has 24 heavy (non-hydrogen) atoms. The van der Waals surface area contributed by atoms with Gasteiger partial charge in [-0.15, -0.1) is 0 Å². The lowest BCUT2D eigenvalue weighted by Gasteiger charge is -2.26. The first-order valence-corrected chi connectivity index (χ1v) is 8.09. The number of aromatic nitrogens is 4. The first-order chi connectivity index (χ1) is 11.7. The largest absolute Gasteiger partial charge is 0.490 e. The van der Waals surface area contributed by atoms with Crippen LogP contribution in [-0.4, -0.2) is 39.1 Å². The highest BCUT2D eigenvalue weighted by Gasteiger charge is 2.28. The van der Waals surface area contributed by atoms with Gasteiger partial charge in [-0.2, -0.15) is 0 Å². The molecule has 3 heterocycles. The normalized spacial score (nSPS) is 17.6. The van der Waals surface area contributed by atoms with Crippen molar-refractivity contribution in [3.63, 3.8) is 0 Å². The Hall–Kier alpha value is -2.41. The van der Waals surface area contributed by atoms with Gasteiger partial charge < -0.3 is 14.6 Å². The molecule has 8 heteroatoms. The summed E-state index contributed by atoms with van der Waals surface area (Å²) in [5.74, 6) is 0.936. The molecule has 1 N–H and O–H groups in total. The Morgan fingerprint density at radius 2 is 2.25 bits per heavy atom. The molecule has 0 bridgehead atoms. The second kappa shape index (κ2) is 6.24. The minimum atomic E-state index is -0.377. The first kappa shape index (κ1) is 15.1. The summed E-state index contributed by atoms with van der Waals surface area (Å²) >= 11 is 6.02. The molecule has 1 aromatic carbocycles. The molecule has 0 saturated carbocycles. The van der Waals surface area contributed by atoms with E-state index in [2.05, 4.69) is 24.8 Å². The van der Waals surface area contributed by atoms with Gasteiger partial charge in [0.1, 0.15) is 30.0 Å². The number of fused-ring (bicyclic) bond motifs is 1. The van der Waals surface area contributed by atoms with Crippen molar-refractivity contribution in [3.05, 3.63) is 41.7 Å². The van der Waals surface area contributed by atoms with Crippen LogP contribution < -0.4 is 9.64 Å². The van der Waals surface area contributed by atoms with E-state index in [0.29, 0.717) is 18.0 Å². The van der Waals surface area contributed by atoms with E-state index in [0.717, 1.165) is 30.7 Å². The highest BCUT2D eigenvalue weighted by molar-refractivity contribution is 6.32. The third-order valence-corrected chi connectivity index (χ3v) is 4.47. The predicted molar refractivity (Wildman–Crippen MR) is 89.0 cm³/mol. The summed E-state index contributed by atoms with van der Waals surface area (Å²) in [6, 6.07) is 4.30. The molecule has 2 aromatic heterocycles. The number of benzene rings is 1. The molecule has 1 atom stereocenters. The number of ether oxygens (including phenoxy) is 1. The van der Waals surface area contributed by atoms with Crippen LogP contribution in [0.5, 0.6) is 5.75 Å². The molecule has 4 rings (SSSR count). The summed E-state index contributed by atoms with van der Waals surface area (Å²) in [5.41, 5.74) is 1.47. The Morgan fingerprint density at radius 3 is 3.12 bits per heavy atom. The van der Waals surface area contributed by atoms with E-state index in [-0.39, 0.29) is 16.9 Å². The van der Waals surface area contributed by atoms with Gasteiger partial charge in [-0.1, -0.05) is 11.6 Å². The molecule has 1 fully saturated rings. The summed E-state index contributed by atoms with van der Waals surface area (Å²) in [4.78, 5) is 18.0. The van der Waals surface area contributed by atoms with Gasteiger partial charge in [0.25, 0.3) is 0 Å². The maximum absolute atomic E-state index is 13.1. The lowest BCUT2D eigenvalue weighted by Crippen LogP contribution is -2.35. The molecule has 1 saturated heterocycles. The molecule has 6 nitrogen and oxygen atoms in total. The van der Waals surface area contributed by atoms with Crippen molar-refractivity contribution < 1.29 is 9.13 Å². The molecule has 0 aliphatic carbocycles. The standard InChI is InChI=1S/C16H15ClFN5O/c17-12-6-10(18)3-4-13(12)24-7-11-2-1-5-23(11)16-14-15(20-8-19-14)21-9-22-16/h3-4,6,8-9,11H,1-2,5,7H2,(H,19,20,21,22)/t11-/m1/s1. The molecule has 3 aromatic rings. The number of nitrogens with zero attached hydrogens (tertiary/aromatic N) is 4. The number of hydrogen-bond donors (Lipinski definition) is 1. The van der Waals surface area contributed by atoms with Crippen LogP contribution in [0.15, 0.2) is 30.9 Å². The fourth-order valence-corrected chi connectivity index (χ4v) is 3.26. The van der Waals surface area contributed by atoms with Gasteiger partial charge >= 0.3 is 0 Å². The van der Waals surface area contributed by atoms with Crippen molar-refractivity contribution in [2.75, 3.05) is 18.1 Å². The van der Waals surface area contributed by atoms with Crippen LogP contribution >= 0.6 is 11.6 Å². The molecule has 0 amide bonds. The van der Waals surface area contributed by atoms with Gasteiger partial charge in [-0.25, -0.2) is 19.3 Å². The van der Waals surface area contributed by atoms with E-state index in [4.69, 9.17) is 16.3 Å². The van der Waals surface area contributed by atoms with Crippen molar-refractivity contribution in [2.24, 2.45) is 0 Å². The van der Waals surface area contributed by atoms with Crippen LogP contribution in [0.2, 0.25) is 5.02 Å². The van der Waals surface area contributed by atoms with Crippen LogP contribution in [0.4, 0.5) is 10.2 Å². The van der Waals surface area contributed by atoms with Crippen molar-refractivity contribution in [1.82, 2.24) is 19.9 Å². The smallest absolute Gasteiger partial charge is 0.182 e. The maximum Gasteiger partial charge on any atom is 0.182 e. The molecule has 0 spiro atoms. The lowest BCUT2D eigenvalue weighted by molar-refractivity contribution is 0.288. The minimum Gasteiger partial charge on any atom is -0.490 e. The molecular weight excluding hydrogens is 333 g/mol. The van der Waals surface area contributed by atoms with Gasteiger partial charge in [0, 0.05) is 6.54 Å². The average Bonchev–Trinajstić information content (AvgIpc) is 3.22. The Morgan fingerprint density at radius 1 is 1.33 bits per heavy atom. The van der Waals surface area contributed by atoms with E-state index < -0.39 is 0 Å². The predicted octanol–water partition coefficient (Wildman–Crippen LogP) is 3.19. The molecule has 124 valence electrons. The van der Waals surface area contributed by atoms with E-state index in [1.54, 1.807) is 12.4 Å². The SMILES string of the molecule is Fc1ccc(OC[C@H]2CCCN2c2ncnc3nc[nH]c23)c(Cl)c1. The summed E-state index contributed by atoms with van der Waals surface area (Å²) < 4.78 is 18.9. The molecular formula is C16H15ClFN5O. The van der Waals surface area contributed by atoms with Gasteiger partial charge in [-0.3, -0.25) is 0 Å². The van der Waals surface area contributed by atoms with Crippen LogP contribution in [-0.2, 0) is 0 Å². The van der Waals surface area contributed by atoms with Crippen LogP contribution in [0, 0.1) is 5.82 Å². The van der Waals surface area contributed by atoms with Crippen LogP contribution in [0.1, 0.15) is 12.8 Å². The number of aromatic amines is 1. The molecule has 0 radical (unpaired) electrons. The van der Waals surface area contributed by atoms with Crippen molar-refractivity contribution in [1.29, 1.82) is 0 Å². The minimum absolute atomic E-state index is 0.160. The van der Waals surface area contributed by atoms with Gasteiger partial charge in [-0.05, 0) is 31.0 Å². The summed E-state index contributed by atoms with van der Waals surface area (Å²) in [6.07, 6.45) is 5.16. The zero-order valence-electron chi connectivity index (χ0n) is 12.7. The lowest BCUT2D eigenvalue weighted by atomic mass is 10.2. The number of rotatable bonds is 4. The van der Waals surface area contributed by atoms with Crippen molar-refractivity contribution in [2.45, 2.75) is 18.9 Å². The Labute approximate surface area is 142 Å². The fraction of sp³-hybridized carbons (Fsp3) is 0.312. The number of imidazole rings is 1. The Kier molecular flexibility index (Phi) is 3.93. The molecule has 1 aliphatic rings. The highest BCUT2D eigenvalue weighted by Crippen LogP contribution is 2.30. The second-order valence-corrected chi connectivity index (χ2v) is 6.08. The third kappa shape index (κ3) is 2.75. The first-order valence-electron chi connectivity index (χ1n) is 7.71. The van der Waals surface area contributed by atoms with Crippen molar-refractivity contribution in [3.8, 4) is 5.75 Å². The molecule has 0 unspecified atom stereocenters. The number of anilines is 1. The maximum atomic E-state index is 13.1. The third-order valence-electron chi connectivity index (χ3n) is 4.18. The van der Waals surface area contributed by atoms with E-state index in [1.807, 2.05) is 0 Å². The van der Waals surface area contributed by atoms with Crippen LogP contribution in [0.3, 0.4) is 0 Å². The average molecular weight is 348 g/mol. The summed E-state index contributed by atoms with van der Waals surface area (Å²) in [7, 11) is 0. The van der Waals surface area contributed by atoms with E-state index in [9.17, 15) is 4.39 Å². The van der Waals surface area contributed by atoms with Gasteiger partial charge in [0.15, 0.2) is 11.5 Å². The quantitative estimate of drug-likeness (QED) is 0.785. The number of halogens is 2. The monoisotopic (exact) mass is 347 g/mol. The van der Waals surface area contributed by atoms with E-state index >= 15 is 0 Å². The van der Waals surface area contributed by atoms with Gasteiger partial charge in [0.05, 0.1) is 17.4 Å². The number of hydrogen-bond acceptors (Lipinski definition) is 5. The Balaban J connectivity index is 1.54. The summed E-state index contributed by atoms with van der Waals surface area (Å²) in [6.45, 7) is 1.33. The Bertz CT molecular complexity index is 871. The van der Waals surface area contributed by atoms with Crippen molar-refractivity contribution >= 4 is 28.6 Å². The second-order valence-electron chi connectivity index (χ2n) is 5.67. The van der Waals surface area contributed by atoms with Crippen LogP contribution in [0.25, 0.3) is 11.2 Å². The molecule has 1 aliphatic heterocycles. The summed E-state index contributed by atoms with van der Waals surface area (Å²) in [5, 5.41) is 0.276. The number of H-pyrrole nitrogens is 1. The number of nitrogens with one attached hydrogen (secondary N) is 1. The zero-order valence-corrected chi connectivity index (χ0v) is 13.5. The topological polar surface area (TPSA) is 66.9 Å². The highest BCUT2D eigenvalue weighted by atomic mass is 35.5.